The first-order valence-corrected chi connectivity index (χ1v) is 7.24. The molecule has 0 bridgehead atoms. The highest BCUT2D eigenvalue weighted by atomic mass is 19.1. The summed E-state index contributed by atoms with van der Waals surface area (Å²) < 4.78 is 13.6. The van der Waals surface area contributed by atoms with Crippen molar-refractivity contribution < 1.29 is 4.39 Å². The predicted octanol–water partition coefficient (Wildman–Crippen LogP) is 4.62. The van der Waals surface area contributed by atoms with E-state index in [1.165, 1.54) is 38.2 Å². The maximum Gasteiger partial charge on any atom is 0.126 e. The molecule has 18 heavy (non-hydrogen) atoms. The van der Waals surface area contributed by atoms with E-state index in [0.29, 0.717) is 6.54 Å². The molecule has 0 saturated carbocycles. The molecule has 1 atom stereocenters. The van der Waals surface area contributed by atoms with Gasteiger partial charge in [0, 0.05) is 0 Å². The Morgan fingerprint density at radius 1 is 1.06 bits per heavy atom. The molecule has 0 aliphatic heterocycles. The lowest BCUT2D eigenvalue weighted by atomic mass is 9.92. The maximum absolute atomic E-state index is 13.6. The van der Waals surface area contributed by atoms with Crippen LogP contribution in [0.15, 0.2) is 24.3 Å². The SMILES string of the molecule is CCCCCCCCC(CN)c1ccccc1F. The zero-order valence-corrected chi connectivity index (χ0v) is 11.5. The topological polar surface area (TPSA) is 26.0 Å². The van der Waals surface area contributed by atoms with Gasteiger partial charge in [0.15, 0.2) is 0 Å². The molecule has 0 heterocycles. The van der Waals surface area contributed by atoms with E-state index >= 15 is 0 Å². The van der Waals surface area contributed by atoms with Gasteiger partial charge in [0.2, 0.25) is 0 Å². The summed E-state index contributed by atoms with van der Waals surface area (Å²) in [5, 5.41) is 0. The van der Waals surface area contributed by atoms with Crippen molar-refractivity contribution in [3.05, 3.63) is 35.6 Å². The highest BCUT2D eigenvalue weighted by molar-refractivity contribution is 5.21. The Morgan fingerprint density at radius 3 is 2.39 bits per heavy atom. The van der Waals surface area contributed by atoms with Gasteiger partial charge >= 0.3 is 0 Å². The molecule has 1 aromatic rings. The van der Waals surface area contributed by atoms with Crippen molar-refractivity contribution in [2.75, 3.05) is 6.54 Å². The molecule has 0 aliphatic carbocycles. The first kappa shape index (κ1) is 15.2. The number of nitrogens with two attached hydrogens (primary N) is 1. The van der Waals surface area contributed by atoms with Gasteiger partial charge in [0.1, 0.15) is 5.82 Å². The second-order valence-electron chi connectivity index (χ2n) is 5.01. The minimum absolute atomic E-state index is 0.112. The van der Waals surface area contributed by atoms with Crippen LogP contribution in [0.3, 0.4) is 0 Å². The van der Waals surface area contributed by atoms with E-state index in [4.69, 9.17) is 5.73 Å². The lowest BCUT2D eigenvalue weighted by Crippen LogP contribution is -2.13. The van der Waals surface area contributed by atoms with E-state index in [2.05, 4.69) is 6.92 Å². The van der Waals surface area contributed by atoms with Gasteiger partial charge in [0.05, 0.1) is 0 Å². The summed E-state index contributed by atoms with van der Waals surface area (Å²) in [6.45, 7) is 2.76. The number of hydrogen-bond acceptors (Lipinski definition) is 1. The molecule has 0 saturated heterocycles. The first-order valence-electron chi connectivity index (χ1n) is 7.24. The highest BCUT2D eigenvalue weighted by Crippen LogP contribution is 2.24. The second-order valence-corrected chi connectivity index (χ2v) is 5.01. The summed E-state index contributed by atoms with van der Waals surface area (Å²) in [5.74, 6) is 0.0660. The van der Waals surface area contributed by atoms with Crippen LogP contribution in [0.1, 0.15) is 63.4 Å². The van der Waals surface area contributed by atoms with Crippen molar-refractivity contribution in [2.24, 2.45) is 5.73 Å². The minimum Gasteiger partial charge on any atom is -0.330 e. The molecular weight excluding hydrogens is 225 g/mol. The minimum atomic E-state index is -0.112. The largest absolute Gasteiger partial charge is 0.330 e. The summed E-state index contributed by atoms with van der Waals surface area (Å²) in [4.78, 5) is 0. The average molecular weight is 251 g/mol. The third-order valence-electron chi connectivity index (χ3n) is 3.54. The van der Waals surface area contributed by atoms with Crippen molar-refractivity contribution in [1.82, 2.24) is 0 Å². The van der Waals surface area contributed by atoms with Crippen molar-refractivity contribution in [3.8, 4) is 0 Å². The standard InChI is InChI=1S/C16H26FN/c1-2-3-4-5-6-7-10-14(13-18)15-11-8-9-12-16(15)17/h8-9,11-12,14H,2-7,10,13,18H2,1H3. The monoisotopic (exact) mass is 251 g/mol. The molecule has 2 heteroatoms. The third-order valence-corrected chi connectivity index (χ3v) is 3.54. The maximum atomic E-state index is 13.6. The van der Waals surface area contributed by atoms with Crippen LogP contribution >= 0.6 is 0 Å². The molecule has 0 aromatic heterocycles. The Kier molecular flexibility index (Phi) is 7.66. The van der Waals surface area contributed by atoms with E-state index in [-0.39, 0.29) is 11.7 Å². The van der Waals surface area contributed by atoms with Gasteiger partial charge < -0.3 is 5.73 Å². The zero-order chi connectivity index (χ0) is 13.2. The van der Waals surface area contributed by atoms with Crippen molar-refractivity contribution in [3.63, 3.8) is 0 Å². The molecule has 1 aromatic carbocycles. The van der Waals surface area contributed by atoms with Crippen LogP contribution in [0.5, 0.6) is 0 Å². The van der Waals surface area contributed by atoms with Crippen LogP contribution < -0.4 is 5.73 Å². The van der Waals surface area contributed by atoms with Crippen LogP contribution in [-0.4, -0.2) is 6.54 Å². The van der Waals surface area contributed by atoms with E-state index in [0.717, 1.165) is 18.4 Å². The van der Waals surface area contributed by atoms with Crippen molar-refractivity contribution in [1.29, 1.82) is 0 Å². The van der Waals surface area contributed by atoms with E-state index in [1.807, 2.05) is 12.1 Å². The fraction of sp³-hybridized carbons (Fsp3) is 0.625. The van der Waals surface area contributed by atoms with Crippen molar-refractivity contribution >= 4 is 0 Å². The van der Waals surface area contributed by atoms with Crippen LogP contribution in [-0.2, 0) is 0 Å². The van der Waals surface area contributed by atoms with Gasteiger partial charge in [-0.25, -0.2) is 4.39 Å². The molecule has 1 unspecified atom stereocenters. The first-order chi connectivity index (χ1) is 8.79. The van der Waals surface area contributed by atoms with Crippen LogP contribution in [0.2, 0.25) is 0 Å². The van der Waals surface area contributed by atoms with Gasteiger partial charge in [-0.15, -0.1) is 0 Å². The highest BCUT2D eigenvalue weighted by Gasteiger charge is 2.13. The van der Waals surface area contributed by atoms with Crippen LogP contribution in [0.4, 0.5) is 4.39 Å². The lowest BCUT2D eigenvalue weighted by molar-refractivity contribution is 0.518. The molecule has 0 aliphatic rings. The molecule has 0 spiro atoms. The molecule has 0 amide bonds. The van der Waals surface area contributed by atoms with Gasteiger partial charge in [0.25, 0.3) is 0 Å². The van der Waals surface area contributed by atoms with E-state index in [1.54, 1.807) is 6.07 Å². The fourth-order valence-corrected chi connectivity index (χ4v) is 2.38. The van der Waals surface area contributed by atoms with Crippen molar-refractivity contribution in [2.45, 2.75) is 57.8 Å². The van der Waals surface area contributed by atoms with E-state index < -0.39 is 0 Å². The Balaban J connectivity index is 2.32. The lowest BCUT2D eigenvalue weighted by Gasteiger charge is -2.15. The quantitative estimate of drug-likeness (QED) is 0.637. The number of benzene rings is 1. The number of rotatable bonds is 9. The van der Waals surface area contributed by atoms with Gasteiger partial charge in [-0.05, 0) is 30.5 Å². The Bertz CT molecular complexity index is 325. The molecule has 1 nitrogen and oxygen atoms in total. The number of halogens is 1. The summed E-state index contributed by atoms with van der Waals surface area (Å²) in [6.07, 6.45) is 8.62. The van der Waals surface area contributed by atoms with Crippen LogP contribution in [0, 0.1) is 5.82 Å². The Labute approximate surface area is 111 Å². The number of hydrogen-bond donors (Lipinski definition) is 1. The second kappa shape index (κ2) is 9.09. The van der Waals surface area contributed by atoms with Gasteiger partial charge in [-0.2, -0.15) is 0 Å². The average Bonchev–Trinajstić information content (AvgIpc) is 2.39. The third kappa shape index (κ3) is 5.18. The molecule has 0 radical (unpaired) electrons. The molecule has 0 fully saturated rings. The molecule has 102 valence electrons. The summed E-state index contributed by atoms with van der Waals surface area (Å²) in [5.41, 5.74) is 6.56. The Morgan fingerprint density at radius 2 is 1.72 bits per heavy atom. The molecule has 2 N–H and O–H groups in total. The predicted molar refractivity (Wildman–Crippen MR) is 76.2 cm³/mol. The van der Waals surface area contributed by atoms with Crippen LogP contribution in [0.25, 0.3) is 0 Å². The summed E-state index contributed by atoms with van der Waals surface area (Å²) >= 11 is 0. The molecular formula is C16H26FN. The summed E-state index contributed by atoms with van der Waals surface area (Å²) in [6, 6.07) is 7.02. The van der Waals surface area contributed by atoms with Gasteiger partial charge in [-0.3, -0.25) is 0 Å². The normalized spacial score (nSPS) is 12.6. The smallest absolute Gasteiger partial charge is 0.126 e. The molecule has 1 rings (SSSR count). The van der Waals surface area contributed by atoms with Gasteiger partial charge in [-0.1, -0.05) is 63.6 Å². The zero-order valence-electron chi connectivity index (χ0n) is 11.5. The summed E-state index contributed by atoms with van der Waals surface area (Å²) in [7, 11) is 0. The van der Waals surface area contributed by atoms with E-state index in [9.17, 15) is 4.39 Å². The number of unbranched alkanes of at least 4 members (excludes halogenated alkanes) is 5. The Hall–Kier alpha value is -0.890. The fourth-order valence-electron chi connectivity index (χ4n) is 2.38.